The SMILES string of the molecule is Cc1cccc(OCCCN=[N+]=[N-])c1. The molecule has 0 aliphatic heterocycles. The van der Waals surface area contributed by atoms with Gasteiger partial charge in [0, 0.05) is 11.5 Å². The number of aryl methyl sites for hydroxylation is 1. The summed E-state index contributed by atoms with van der Waals surface area (Å²) in [6.45, 7) is 3.09. The van der Waals surface area contributed by atoms with Crippen LogP contribution in [0.2, 0.25) is 0 Å². The fraction of sp³-hybridized carbons (Fsp3) is 0.400. The van der Waals surface area contributed by atoms with Gasteiger partial charge in [-0.1, -0.05) is 17.2 Å². The van der Waals surface area contributed by atoms with E-state index in [9.17, 15) is 0 Å². The van der Waals surface area contributed by atoms with Gasteiger partial charge in [-0.3, -0.25) is 0 Å². The molecule has 4 heteroatoms. The van der Waals surface area contributed by atoms with Gasteiger partial charge in [-0.15, -0.1) is 0 Å². The van der Waals surface area contributed by atoms with Crippen LogP contribution in [0.5, 0.6) is 5.75 Å². The predicted octanol–water partition coefficient (Wildman–Crippen LogP) is 3.07. The molecule has 1 aromatic carbocycles. The molecule has 0 N–H and O–H groups in total. The average Bonchev–Trinajstić information content (AvgIpc) is 2.18. The summed E-state index contributed by atoms with van der Waals surface area (Å²) in [5.41, 5.74) is 9.21. The zero-order valence-electron chi connectivity index (χ0n) is 8.18. The molecule has 4 nitrogen and oxygen atoms in total. The van der Waals surface area contributed by atoms with Gasteiger partial charge >= 0.3 is 0 Å². The lowest BCUT2D eigenvalue weighted by Crippen LogP contribution is -1.98. The molecular formula is C10H13N3O. The number of benzene rings is 1. The van der Waals surface area contributed by atoms with Gasteiger partial charge in [0.2, 0.25) is 0 Å². The minimum absolute atomic E-state index is 0.488. The molecule has 14 heavy (non-hydrogen) atoms. The van der Waals surface area contributed by atoms with E-state index in [0.717, 1.165) is 12.2 Å². The Hall–Kier alpha value is -1.67. The predicted molar refractivity (Wildman–Crippen MR) is 55.3 cm³/mol. The van der Waals surface area contributed by atoms with E-state index < -0.39 is 0 Å². The van der Waals surface area contributed by atoms with Gasteiger partial charge < -0.3 is 4.74 Å². The van der Waals surface area contributed by atoms with Crippen LogP contribution >= 0.6 is 0 Å². The topological polar surface area (TPSA) is 58.0 Å². The molecule has 1 aromatic rings. The van der Waals surface area contributed by atoms with E-state index in [-0.39, 0.29) is 0 Å². The normalized spacial score (nSPS) is 9.21. The fourth-order valence-electron chi connectivity index (χ4n) is 1.08. The molecule has 0 saturated heterocycles. The van der Waals surface area contributed by atoms with Gasteiger partial charge in [0.15, 0.2) is 0 Å². The second kappa shape index (κ2) is 5.89. The molecule has 0 aromatic heterocycles. The molecule has 74 valence electrons. The minimum atomic E-state index is 0.488. The molecule has 0 aliphatic rings. The summed E-state index contributed by atoms with van der Waals surface area (Å²) in [6, 6.07) is 7.87. The van der Waals surface area contributed by atoms with Crippen molar-refractivity contribution in [1.29, 1.82) is 0 Å². The van der Waals surface area contributed by atoms with Crippen LogP contribution in [0.1, 0.15) is 12.0 Å². The van der Waals surface area contributed by atoms with E-state index in [1.807, 2.05) is 31.2 Å². The van der Waals surface area contributed by atoms with E-state index in [2.05, 4.69) is 10.0 Å². The van der Waals surface area contributed by atoms with E-state index >= 15 is 0 Å². The number of nitrogens with zero attached hydrogens (tertiary/aromatic N) is 3. The third kappa shape index (κ3) is 3.83. The maximum atomic E-state index is 8.04. The number of hydrogen-bond donors (Lipinski definition) is 0. The molecule has 0 saturated carbocycles. The van der Waals surface area contributed by atoms with Crippen LogP contribution in [0.15, 0.2) is 29.4 Å². The number of azide groups is 1. The van der Waals surface area contributed by atoms with Gasteiger partial charge in [0.05, 0.1) is 6.61 Å². The first-order valence-corrected chi connectivity index (χ1v) is 4.53. The Morgan fingerprint density at radius 3 is 3.07 bits per heavy atom. The maximum absolute atomic E-state index is 8.04. The molecule has 0 unspecified atom stereocenters. The number of rotatable bonds is 5. The monoisotopic (exact) mass is 191 g/mol. The van der Waals surface area contributed by atoms with E-state index in [4.69, 9.17) is 10.3 Å². The Bertz CT molecular complexity index is 332. The smallest absolute Gasteiger partial charge is 0.119 e. The van der Waals surface area contributed by atoms with Gasteiger partial charge in [0.1, 0.15) is 5.75 Å². The van der Waals surface area contributed by atoms with Gasteiger partial charge in [-0.25, -0.2) is 0 Å². The fourth-order valence-corrected chi connectivity index (χ4v) is 1.08. The average molecular weight is 191 g/mol. The third-order valence-electron chi connectivity index (χ3n) is 1.72. The van der Waals surface area contributed by atoms with Crippen molar-refractivity contribution in [2.24, 2.45) is 5.11 Å². The summed E-state index contributed by atoms with van der Waals surface area (Å²) in [5.74, 6) is 0.867. The van der Waals surface area contributed by atoms with Crippen LogP contribution in [0.4, 0.5) is 0 Å². The molecule has 0 bridgehead atoms. The maximum Gasteiger partial charge on any atom is 0.119 e. The van der Waals surface area contributed by atoms with Crippen LogP contribution in [0.25, 0.3) is 10.4 Å². The Kier molecular flexibility index (Phi) is 4.38. The Morgan fingerprint density at radius 2 is 2.36 bits per heavy atom. The van der Waals surface area contributed by atoms with E-state index in [0.29, 0.717) is 13.2 Å². The van der Waals surface area contributed by atoms with Crippen molar-refractivity contribution < 1.29 is 4.74 Å². The molecule has 1 rings (SSSR count). The third-order valence-corrected chi connectivity index (χ3v) is 1.72. The van der Waals surface area contributed by atoms with Crippen molar-refractivity contribution >= 4 is 0 Å². The van der Waals surface area contributed by atoms with Crippen LogP contribution < -0.4 is 4.74 Å². The van der Waals surface area contributed by atoms with Crippen LogP contribution in [0, 0.1) is 6.92 Å². The number of hydrogen-bond acceptors (Lipinski definition) is 2. The zero-order chi connectivity index (χ0) is 10.2. The lowest BCUT2D eigenvalue weighted by atomic mass is 10.2. The summed E-state index contributed by atoms with van der Waals surface area (Å²) in [5, 5.41) is 3.42. The highest BCUT2D eigenvalue weighted by Gasteiger charge is 1.92. The van der Waals surface area contributed by atoms with Crippen LogP contribution in [0.3, 0.4) is 0 Å². The summed E-state index contributed by atoms with van der Waals surface area (Å²) in [7, 11) is 0. The van der Waals surface area contributed by atoms with E-state index in [1.165, 1.54) is 5.56 Å². The molecule has 0 spiro atoms. The molecule has 0 aliphatic carbocycles. The van der Waals surface area contributed by atoms with Crippen molar-refractivity contribution in [3.8, 4) is 5.75 Å². The minimum Gasteiger partial charge on any atom is -0.494 e. The molecular weight excluding hydrogens is 178 g/mol. The molecule has 0 amide bonds. The standard InChI is InChI=1S/C10H13N3O/c1-9-4-2-5-10(8-9)14-7-3-6-12-13-11/h2,4-5,8H,3,6-7H2,1H3. The van der Waals surface area contributed by atoms with Crippen molar-refractivity contribution in [3.63, 3.8) is 0 Å². The summed E-state index contributed by atoms with van der Waals surface area (Å²) >= 11 is 0. The molecule has 0 radical (unpaired) electrons. The first-order chi connectivity index (χ1) is 6.83. The molecule has 0 heterocycles. The van der Waals surface area contributed by atoms with Gasteiger partial charge in [-0.2, -0.15) is 0 Å². The highest BCUT2D eigenvalue weighted by Crippen LogP contribution is 2.12. The Balaban J connectivity index is 2.27. The highest BCUT2D eigenvalue weighted by molar-refractivity contribution is 5.27. The molecule has 0 atom stereocenters. The quantitative estimate of drug-likeness (QED) is 0.305. The zero-order valence-corrected chi connectivity index (χ0v) is 8.18. The number of ether oxygens (including phenoxy) is 1. The summed E-state index contributed by atoms with van der Waals surface area (Å²) < 4.78 is 5.45. The second-order valence-electron chi connectivity index (χ2n) is 2.97. The largest absolute Gasteiger partial charge is 0.494 e. The van der Waals surface area contributed by atoms with Crippen molar-refractivity contribution in [3.05, 3.63) is 40.3 Å². The lowest BCUT2D eigenvalue weighted by molar-refractivity contribution is 0.313. The van der Waals surface area contributed by atoms with Crippen molar-refractivity contribution in [2.75, 3.05) is 13.2 Å². The highest BCUT2D eigenvalue weighted by atomic mass is 16.5. The summed E-state index contributed by atoms with van der Waals surface area (Å²) in [4.78, 5) is 2.66. The first kappa shape index (κ1) is 10.4. The Morgan fingerprint density at radius 1 is 1.50 bits per heavy atom. The second-order valence-corrected chi connectivity index (χ2v) is 2.97. The molecule has 0 fully saturated rings. The van der Waals surface area contributed by atoms with Crippen molar-refractivity contribution in [2.45, 2.75) is 13.3 Å². The lowest BCUT2D eigenvalue weighted by Gasteiger charge is -2.04. The summed E-state index contributed by atoms with van der Waals surface area (Å²) in [6.07, 6.45) is 0.748. The van der Waals surface area contributed by atoms with Gasteiger partial charge in [0.25, 0.3) is 0 Å². The van der Waals surface area contributed by atoms with Gasteiger partial charge in [-0.05, 0) is 36.6 Å². The van der Waals surface area contributed by atoms with Crippen molar-refractivity contribution in [1.82, 2.24) is 0 Å². The van der Waals surface area contributed by atoms with E-state index in [1.54, 1.807) is 0 Å². The first-order valence-electron chi connectivity index (χ1n) is 4.53. The van der Waals surface area contributed by atoms with Crippen LogP contribution in [-0.4, -0.2) is 13.2 Å². The Labute approximate surface area is 83.1 Å². The van der Waals surface area contributed by atoms with Crippen LogP contribution in [-0.2, 0) is 0 Å².